The summed E-state index contributed by atoms with van der Waals surface area (Å²) in [5.74, 6) is 1.53. The molecule has 1 aliphatic rings. The summed E-state index contributed by atoms with van der Waals surface area (Å²) in [6, 6.07) is 8.95. The zero-order valence-corrected chi connectivity index (χ0v) is 12.6. The predicted molar refractivity (Wildman–Crippen MR) is 84.6 cm³/mol. The fraction of sp³-hybridized carbons (Fsp3) is 0.556. The van der Waals surface area contributed by atoms with Crippen LogP contribution < -0.4 is 5.32 Å². The normalized spacial score (nSPS) is 23.0. The standard InChI is InChI=1S/C18H27N/c1-4-5-16-6-8-18(9-7-16)19-13-17-11-14(2)10-15(3)12-17/h6-10,14,17,19H,4-5,11-13H2,1-3H3. The van der Waals surface area contributed by atoms with E-state index < -0.39 is 0 Å². The molecule has 1 nitrogen and oxygen atoms in total. The highest BCUT2D eigenvalue weighted by molar-refractivity contribution is 5.44. The van der Waals surface area contributed by atoms with Crippen molar-refractivity contribution in [3.8, 4) is 0 Å². The van der Waals surface area contributed by atoms with Crippen LogP contribution >= 0.6 is 0 Å². The third-order valence-corrected chi connectivity index (χ3v) is 3.97. The molecule has 2 rings (SSSR count). The van der Waals surface area contributed by atoms with E-state index in [1.54, 1.807) is 5.57 Å². The van der Waals surface area contributed by atoms with Gasteiger partial charge in [0.25, 0.3) is 0 Å². The maximum absolute atomic E-state index is 3.60. The van der Waals surface area contributed by atoms with Gasteiger partial charge in [0.05, 0.1) is 0 Å². The molecule has 1 aliphatic carbocycles. The average Bonchev–Trinajstić information content (AvgIpc) is 2.37. The molecule has 0 saturated carbocycles. The van der Waals surface area contributed by atoms with Crippen molar-refractivity contribution < 1.29 is 0 Å². The maximum atomic E-state index is 3.60. The van der Waals surface area contributed by atoms with Crippen molar-refractivity contribution in [1.82, 2.24) is 0 Å². The topological polar surface area (TPSA) is 12.0 Å². The largest absolute Gasteiger partial charge is 0.385 e. The number of anilines is 1. The summed E-state index contributed by atoms with van der Waals surface area (Å²) >= 11 is 0. The smallest absolute Gasteiger partial charge is 0.0340 e. The number of aryl methyl sites for hydroxylation is 1. The van der Waals surface area contributed by atoms with Gasteiger partial charge in [-0.2, -0.15) is 0 Å². The minimum absolute atomic E-state index is 0.743. The highest BCUT2D eigenvalue weighted by atomic mass is 14.9. The lowest BCUT2D eigenvalue weighted by atomic mass is 9.84. The third-order valence-electron chi connectivity index (χ3n) is 3.97. The molecule has 1 aromatic carbocycles. The Labute approximate surface area is 118 Å². The van der Waals surface area contributed by atoms with Gasteiger partial charge in [0.1, 0.15) is 0 Å². The maximum Gasteiger partial charge on any atom is 0.0340 e. The Morgan fingerprint density at radius 2 is 1.95 bits per heavy atom. The van der Waals surface area contributed by atoms with E-state index in [4.69, 9.17) is 0 Å². The number of nitrogens with one attached hydrogen (secondary N) is 1. The third kappa shape index (κ3) is 4.41. The van der Waals surface area contributed by atoms with Gasteiger partial charge in [0.15, 0.2) is 0 Å². The average molecular weight is 257 g/mol. The Morgan fingerprint density at radius 3 is 2.58 bits per heavy atom. The van der Waals surface area contributed by atoms with Crippen LogP contribution in [-0.2, 0) is 6.42 Å². The van der Waals surface area contributed by atoms with Gasteiger partial charge < -0.3 is 5.32 Å². The zero-order valence-electron chi connectivity index (χ0n) is 12.6. The number of allylic oxidation sites excluding steroid dienone is 2. The van der Waals surface area contributed by atoms with Crippen LogP contribution in [0.15, 0.2) is 35.9 Å². The van der Waals surface area contributed by atoms with Crippen LogP contribution in [0.3, 0.4) is 0 Å². The molecule has 0 aromatic heterocycles. The monoisotopic (exact) mass is 257 g/mol. The second-order valence-corrected chi connectivity index (χ2v) is 6.12. The van der Waals surface area contributed by atoms with Crippen molar-refractivity contribution in [1.29, 1.82) is 0 Å². The predicted octanol–water partition coefficient (Wildman–Crippen LogP) is 5.04. The molecule has 2 atom stereocenters. The number of benzene rings is 1. The molecule has 104 valence electrons. The molecule has 1 N–H and O–H groups in total. The van der Waals surface area contributed by atoms with E-state index in [2.05, 4.69) is 56.4 Å². The summed E-state index contributed by atoms with van der Waals surface area (Å²) in [7, 11) is 0. The SMILES string of the molecule is CCCc1ccc(NCC2CC(C)=CC(C)C2)cc1. The minimum Gasteiger partial charge on any atom is -0.385 e. The highest BCUT2D eigenvalue weighted by Crippen LogP contribution is 2.28. The van der Waals surface area contributed by atoms with Crippen molar-refractivity contribution >= 4 is 5.69 Å². The minimum atomic E-state index is 0.743. The molecular weight excluding hydrogens is 230 g/mol. The van der Waals surface area contributed by atoms with Crippen LogP contribution in [-0.4, -0.2) is 6.54 Å². The van der Waals surface area contributed by atoms with Crippen molar-refractivity contribution in [2.45, 2.75) is 46.5 Å². The quantitative estimate of drug-likeness (QED) is 0.728. The first-order chi connectivity index (χ1) is 9.17. The summed E-state index contributed by atoms with van der Waals surface area (Å²) in [6.45, 7) is 7.92. The summed E-state index contributed by atoms with van der Waals surface area (Å²) in [5.41, 5.74) is 4.27. The van der Waals surface area contributed by atoms with Gasteiger partial charge in [0, 0.05) is 12.2 Å². The van der Waals surface area contributed by atoms with Crippen LogP contribution in [0.1, 0.15) is 45.6 Å². The molecule has 1 heteroatoms. The number of hydrogen-bond donors (Lipinski definition) is 1. The lowest BCUT2D eigenvalue weighted by molar-refractivity contribution is 0.421. The second kappa shape index (κ2) is 6.79. The Kier molecular flexibility index (Phi) is 5.07. The number of rotatable bonds is 5. The lowest BCUT2D eigenvalue weighted by Gasteiger charge is -2.26. The molecule has 0 radical (unpaired) electrons. The molecule has 0 amide bonds. The molecule has 0 aliphatic heterocycles. The fourth-order valence-electron chi connectivity index (χ4n) is 3.18. The second-order valence-electron chi connectivity index (χ2n) is 6.12. The first-order valence-corrected chi connectivity index (χ1v) is 7.67. The Hall–Kier alpha value is -1.24. The van der Waals surface area contributed by atoms with Gasteiger partial charge in [-0.05, 0) is 55.7 Å². The van der Waals surface area contributed by atoms with Crippen molar-refractivity contribution in [3.63, 3.8) is 0 Å². The van der Waals surface area contributed by atoms with Gasteiger partial charge in [-0.15, -0.1) is 0 Å². The van der Waals surface area contributed by atoms with E-state index in [0.29, 0.717) is 0 Å². The molecule has 0 heterocycles. The van der Waals surface area contributed by atoms with Crippen molar-refractivity contribution in [3.05, 3.63) is 41.5 Å². The van der Waals surface area contributed by atoms with E-state index >= 15 is 0 Å². The Morgan fingerprint density at radius 1 is 1.21 bits per heavy atom. The van der Waals surface area contributed by atoms with E-state index in [9.17, 15) is 0 Å². The molecule has 0 fully saturated rings. The molecule has 0 spiro atoms. The van der Waals surface area contributed by atoms with Gasteiger partial charge in [0.2, 0.25) is 0 Å². The summed E-state index contributed by atoms with van der Waals surface area (Å²) in [5, 5.41) is 3.60. The van der Waals surface area contributed by atoms with Gasteiger partial charge in [-0.25, -0.2) is 0 Å². The Balaban J connectivity index is 1.83. The van der Waals surface area contributed by atoms with Crippen LogP contribution in [0.4, 0.5) is 5.69 Å². The van der Waals surface area contributed by atoms with E-state index in [1.807, 2.05) is 0 Å². The Bertz CT molecular complexity index is 416. The highest BCUT2D eigenvalue weighted by Gasteiger charge is 2.17. The van der Waals surface area contributed by atoms with Crippen LogP contribution in [0.5, 0.6) is 0 Å². The van der Waals surface area contributed by atoms with E-state index in [0.717, 1.165) is 18.4 Å². The lowest BCUT2D eigenvalue weighted by Crippen LogP contribution is -2.20. The van der Waals surface area contributed by atoms with E-state index in [1.165, 1.54) is 36.9 Å². The molecule has 1 aromatic rings. The summed E-state index contributed by atoms with van der Waals surface area (Å²) in [4.78, 5) is 0. The number of hydrogen-bond acceptors (Lipinski definition) is 1. The zero-order chi connectivity index (χ0) is 13.7. The molecule has 2 unspecified atom stereocenters. The first-order valence-electron chi connectivity index (χ1n) is 7.67. The summed E-state index contributed by atoms with van der Waals surface area (Å²) in [6.07, 6.45) is 7.41. The van der Waals surface area contributed by atoms with Gasteiger partial charge in [-0.1, -0.05) is 44.1 Å². The van der Waals surface area contributed by atoms with Crippen LogP contribution in [0.25, 0.3) is 0 Å². The van der Waals surface area contributed by atoms with Crippen LogP contribution in [0, 0.1) is 11.8 Å². The van der Waals surface area contributed by atoms with Crippen molar-refractivity contribution in [2.75, 3.05) is 11.9 Å². The molecule has 0 saturated heterocycles. The van der Waals surface area contributed by atoms with E-state index in [-0.39, 0.29) is 0 Å². The van der Waals surface area contributed by atoms with Crippen molar-refractivity contribution in [2.24, 2.45) is 11.8 Å². The van der Waals surface area contributed by atoms with Crippen LogP contribution in [0.2, 0.25) is 0 Å². The molecule has 0 bridgehead atoms. The molecular formula is C18H27N. The van der Waals surface area contributed by atoms with Gasteiger partial charge >= 0.3 is 0 Å². The first kappa shape index (κ1) is 14.2. The van der Waals surface area contributed by atoms with Gasteiger partial charge in [-0.3, -0.25) is 0 Å². The molecule has 19 heavy (non-hydrogen) atoms. The fourth-order valence-corrected chi connectivity index (χ4v) is 3.18. The summed E-state index contributed by atoms with van der Waals surface area (Å²) < 4.78 is 0.